The molecule has 1 aromatic carbocycles. The zero-order valence-electron chi connectivity index (χ0n) is 8.88. The molecule has 0 spiro atoms. The maximum absolute atomic E-state index is 13.2. The molecule has 0 aliphatic rings. The van der Waals surface area contributed by atoms with E-state index < -0.39 is 18.5 Å². The lowest BCUT2D eigenvalue weighted by Crippen LogP contribution is -1.98. The summed E-state index contributed by atoms with van der Waals surface area (Å²) in [4.78, 5) is 17.1. The number of aromatic nitrogens is 2. The van der Waals surface area contributed by atoms with Gasteiger partial charge in [-0.1, -0.05) is 0 Å². The topological polar surface area (TPSA) is 66.0 Å². The number of benzene rings is 1. The van der Waals surface area contributed by atoms with Crippen LogP contribution in [0.5, 0.6) is 0 Å². The highest BCUT2D eigenvalue weighted by Crippen LogP contribution is 2.22. The van der Waals surface area contributed by atoms with Crippen molar-refractivity contribution < 1.29 is 23.1 Å². The van der Waals surface area contributed by atoms with E-state index in [4.69, 9.17) is 5.11 Å². The van der Waals surface area contributed by atoms with Gasteiger partial charge in [0.25, 0.3) is 0 Å². The smallest absolute Gasteiger partial charge is 0.338 e. The van der Waals surface area contributed by atoms with Crippen molar-refractivity contribution in [3.8, 4) is 0 Å². The third-order valence-electron chi connectivity index (χ3n) is 2.36. The van der Waals surface area contributed by atoms with Crippen LogP contribution in [0.4, 0.5) is 13.2 Å². The van der Waals surface area contributed by atoms with Gasteiger partial charge >= 0.3 is 5.97 Å². The summed E-state index contributed by atoms with van der Waals surface area (Å²) < 4.78 is 38.0. The molecular formula is C11H7F3N2O2. The van der Waals surface area contributed by atoms with Crippen LogP contribution in [-0.4, -0.2) is 27.7 Å². The molecule has 0 radical (unpaired) electrons. The zero-order valence-corrected chi connectivity index (χ0v) is 8.88. The van der Waals surface area contributed by atoms with Gasteiger partial charge in [0.1, 0.15) is 23.8 Å². The third kappa shape index (κ3) is 1.94. The molecule has 18 heavy (non-hydrogen) atoms. The fourth-order valence-electron chi connectivity index (χ4n) is 1.54. The highest BCUT2D eigenvalue weighted by atomic mass is 19.1. The summed E-state index contributed by atoms with van der Waals surface area (Å²) in [5.41, 5.74) is -0.727. The summed E-state index contributed by atoms with van der Waals surface area (Å²) in [6, 6.07) is 1.80. The van der Waals surface area contributed by atoms with Crippen LogP contribution in [0, 0.1) is 5.82 Å². The molecule has 0 bridgehead atoms. The minimum atomic E-state index is -1.37. The maximum atomic E-state index is 13.2. The first-order valence-electron chi connectivity index (χ1n) is 4.85. The Morgan fingerprint density at radius 3 is 2.78 bits per heavy atom. The number of hydrogen-bond donors (Lipinski definition) is 2. The van der Waals surface area contributed by atoms with E-state index in [9.17, 15) is 18.0 Å². The van der Waals surface area contributed by atoms with Gasteiger partial charge in [-0.05, 0) is 12.1 Å². The first-order valence-corrected chi connectivity index (χ1v) is 4.85. The number of nitrogens with one attached hydrogen (secondary N) is 1. The summed E-state index contributed by atoms with van der Waals surface area (Å²) in [6.07, 6.45) is 0.0223. The predicted molar refractivity (Wildman–Crippen MR) is 58.1 cm³/mol. The van der Waals surface area contributed by atoms with E-state index in [0.29, 0.717) is 0 Å². The number of hydrogen-bond acceptors (Lipinski definition) is 2. The normalized spacial score (nSPS) is 12.1. The second-order valence-electron chi connectivity index (χ2n) is 3.51. The largest absolute Gasteiger partial charge is 0.478 e. The fourth-order valence-corrected chi connectivity index (χ4v) is 1.54. The van der Waals surface area contributed by atoms with Gasteiger partial charge in [-0.25, -0.2) is 22.9 Å². The van der Waals surface area contributed by atoms with Crippen LogP contribution >= 0.6 is 0 Å². The maximum Gasteiger partial charge on any atom is 0.338 e. The third-order valence-corrected chi connectivity index (χ3v) is 2.36. The van der Waals surface area contributed by atoms with Gasteiger partial charge in [0.15, 0.2) is 0 Å². The predicted octanol–water partition coefficient (Wildman–Crippen LogP) is 2.68. The minimum absolute atomic E-state index is 0.0223. The lowest BCUT2D eigenvalue weighted by Gasteiger charge is -1.95. The van der Waals surface area contributed by atoms with Crippen LogP contribution < -0.4 is 0 Å². The first-order chi connectivity index (χ1) is 8.56. The molecule has 0 unspecified atom stereocenters. The number of carboxylic acid groups (broad SMARTS) is 1. The number of H-pyrrole nitrogens is 1. The van der Waals surface area contributed by atoms with Gasteiger partial charge in [0, 0.05) is 0 Å². The molecule has 2 aromatic rings. The summed E-state index contributed by atoms with van der Waals surface area (Å²) >= 11 is 0. The van der Waals surface area contributed by atoms with Crippen LogP contribution in [0.1, 0.15) is 16.2 Å². The SMILES string of the molecule is O=C(O)c1cc(F)cc2[nH]c(C(=CF)CF)nc12. The molecule has 4 nitrogen and oxygen atoms in total. The second-order valence-corrected chi connectivity index (χ2v) is 3.51. The molecule has 0 aliphatic heterocycles. The molecule has 94 valence electrons. The van der Waals surface area contributed by atoms with Crippen LogP contribution in [0.2, 0.25) is 0 Å². The molecule has 1 heterocycles. The molecule has 0 saturated heterocycles. The number of fused-ring (bicyclic) bond motifs is 1. The number of imidazole rings is 1. The molecule has 0 atom stereocenters. The van der Waals surface area contributed by atoms with Gasteiger partial charge in [-0.15, -0.1) is 0 Å². The summed E-state index contributed by atoms with van der Waals surface area (Å²) in [5.74, 6) is -2.31. The van der Waals surface area contributed by atoms with Crippen molar-refractivity contribution in [3.05, 3.63) is 35.7 Å². The number of allylic oxidation sites excluding steroid dienone is 1. The average molecular weight is 256 g/mol. The lowest BCUT2D eigenvalue weighted by atomic mass is 10.2. The van der Waals surface area contributed by atoms with Gasteiger partial charge in [-0.2, -0.15) is 0 Å². The fraction of sp³-hybridized carbons (Fsp3) is 0.0909. The van der Waals surface area contributed by atoms with Crippen molar-refractivity contribution in [2.45, 2.75) is 0 Å². The van der Waals surface area contributed by atoms with Crippen molar-refractivity contribution in [3.63, 3.8) is 0 Å². The van der Waals surface area contributed by atoms with Gasteiger partial charge < -0.3 is 10.1 Å². The number of nitrogens with zero attached hydrogens (tertiary/aromatic N) is 1. The number of alkyl halides is 1. The van der Waals surface area contributed by atoms with E-state index in [1.807, 2.05) is 0 Å². The minimum Gasteiger partial charge on any atom is -0.478 e. The van der Waals surface area contributed by atoms with E-state index in [1.165, 1.54) is 0 Å². The van der Waals surface area contributed by atoms with Crippen molar-refractivity contribution in [1.82, 2.24) is 9.97 Å². The Morgan fingerprint density at radius 2 is 2.22 bits per heavy atom. The van der Waals surface area contributed by atoms with E-state index >= 15 is 0 Å². The molecule has 7 heteroatoms. The lowest BCUT2D eigenvalue weighted by molar-refractivity contribution is 0.0698. The van der Waals surface area contributed by atoms with Crippen LogP contribution in [-0.2, 0) is 0 Å². The van der Waals surface area contributed by atoms with E-state index in [2.05, 4.69) is 9.97 Å². The molecule has 2 rings (SSSR count). The molecule has 0 fully saturated rings. The Kier molecular flexibility index (Phi) is 3.05. The average Bonchev–Trinajstić information content (AvgIpc) is 2.72. The Morgan fingerprint density at radius 1 is 1.50 bits per heavy atom. The summed E-state index contributed by atoms with van der Waals surface area (Å²) in [5, 5.41) is 8.89. The standard InChI is InChI=1S/C11H7F3N2O2/c12-3-5(4-13)10-15-8-2-6(14)1-7(11(17)18)9(8)16-10/h1-3H,4H2,(H,15,16)(H,17,18). The number of halogens is 3. The van der Waals surface area contributed by atoms with E-state index in [0.717, 1.165) is 12.1 Å². The highest BCUT2D eigenvalue weighted by molar-refractivity contribution is 6.01. The van der Waals surface area contributed by atoms with Crippen LogP contribution in [0.15, 0.2) is 18.5 Å². The molecule has 1 aromatic heterocycles. The van der Waals surface area contributed by atoms with E-state index in [1.54, 1.807) is 0 Å². The van der Waals surface area contributed by atoms with Crippen LogP contribution in [0.3, 0.4) is 0 Å². The monoisotopic (exact) mass is 256 g/mol. The Bertz CT molecular complexity index is 649. The molecule has 0 saturated carbocycles. The molecule has 2 N–H and O–H groups in total. The quantitative estimate of drug-likeness (QED) is 0.887. The van der Waals surface area contributed by atoms with Crippen molar-refractivity contribution in [2.75, 3.05) is 6.67 Å². The Hall–Kier alpha value is -2.31. The number of carbonyl (C=O) groups is 1. The van der Waals surface area contributed by atoms with Gasteiger partial charge in [0.2, 0.25) is 0 Å². The Balaban J connectivity index is 2.71. The van der Waals surface area contributed by atoms with Crippen molar-refractivity contribution in [1.29, 1.82) is 0 Å². The van der Waals surface area contributed by atoms with Crippen molar-refractivity contribution in [2.24, 2.45) is 0 Å². The van der Waals surface area contributed by atoms with Gasteiger partial charge in [0.05, 0.1) is 23.0 Å². The number of aromatic carboxylic acids is 1. The summed E-state index contributed by atoms with van der Waals surface area (Å²) in [7, 11) is 0. The summed E-state index contributed by atoms with van der Waals surface area (Å²) in [6.45, 7) is -1.11. The molecule has 0 aliphatic carbocycles. The first kappa shape index (κ1) is 12.2. The second kappa shape index (κ2) is 4.52. The van der Waals surface area contributed by atoms with Crippen molar-refractivity contribution >= 4 is 22.6 Å². The Labute approximate surface area is 98.8 Å². The zero-order chi connectivity index (χ0) is 13.3. The van der Waals surface area contributed by atoms with Crippen LogP contribution in [0.25, 0.3) is 16.6 Å². The van der Waals surface area contributed by atoms with E-state index in [-0.39, 0.29) is 34.3 Å². The number of carboxylic acids is 1. The highest BCUT2D eigenvalue weighted by Gasteiger charge is 2.16. The number of rotatable bonds is 3. The number of aromatic amines is 1. The molecular weight excluding hydrogens is 249 g/mol. The van der Waals surface area contributed by atoms with Gasteiger partial charge in [-0.3, -0.25) is 0 Å². The molecule has 0 amide bonds.